The van der Waals surface area contributed by atoms with Gasteiger partial charge in [-0.2, -0.15) is 0 Å². The molecule has 0 aromatic heterocycles. The molecular weight excluding hydrogens is 532 g/mol. The lowest BCUT2D eigenvalue weighted by atomic mass is 9.95. The van der Waals surface area contributed by atoms with E-state index in [0.717, 1.165) is 30.5 Å². The van der Waals surface area contributed by atoms with Gasteiger partial charge in [-0.3, -0.25) is 9.59 Å². The largest absolute Gasteiger partial charge is 0.507 e. The topological polar surface area (TPSA) is 60.9 Å². The predicted molar refractivity (Wildman–Crippen MR) is 172 cm³/mol. The van der Waals surface area contributed by atoms with E-state index >= 15 is 0 Å². The number of halogens is 1. The van der Waals surface area contributed by atoms with Crippen molar-refractivity contribution >= 4 is 34.7 Å². The summed E-state index contributed by atoms with van der Waals surface area (Å²) in [5.74, 6) is -1.34. The highest BCUT2D eigenvalue weighted by molar-refractivity contribution is 6.46. The van der Waals surface area contributed by atoms with E-state index in [9.17, 15) is 14.7 Å². The van der Waals surface area contributed by atoms with E-state index in [-0.39, 0.29) is 11.3 Å². The van der Waals surface area contributed by atoms with Crippen LogP contribution in [0.1, 0.15) is 114 Å². The maximum atomic E-state index is 13.3. The minimum atomic E-state index is -0.635. The molecule has 0 aliphatic carbocycles. The third-order valence-corrected chi connectivity index (χ3v) is 8.39. The fraction of sp³-hybridized carbons (Fsp3) is 0.543. The van der Waals surface area contributed by atoms with E-state index in [0.29, 0.717) is 17.1 Å². The van der Waals surface area contributed by atoms with Gasteiger partial charge in [0, 0.05) is 36.9 Å². The van der Waals surface area contributed by atoms with Gasteiger partial charge in [0.1, 0.15) is 5.76 Å². The fourth-order valence-corrected chi connectivity index (χ4v) is 5.78. The molecule has 0 radical (unpaired) electrons. The van der Waals surface area contributed by atoms with Gasteiger partial charge >= 0.3 is 0 Å². The number of aliphatic hydroxyl groups excluding tert-OH is 1. The van der Waals surface area contributed by atoms with Crippen LogP contribution in [-0.2, 0) is 9.59 Å². The monoisotopic (exact) mass is 580 g/mol. The van der Waals surface area contributed by atoms with Crippen molar-refractivity contribution in [3.05, 3.63) is 70.3 Å². The quantitative estimate of drug-likeness (QED) is 0.0825. The number of hydrogen-bond acceptors (Lipinski definition) is 4. The van der Waals surface area contributed by atoms with Crippen LogP contribution in [0, 0.1) is 0 Å². The number of anilines is 1. The van der Waals surface area contributed by atoms with Gasteiger partial charge in [0.2, 0.25) is 0 Å². The lowest BCUT2D eigenvalue weighted by Gasteiger charge is -2.26. The first-order valence-corrected chi connectivity index (χ1v) is 16.0. The Morgan fingerprint density at radius 1 is 0.756 bits per heavy atom. The fourth-order valence-electron chi connectivity index (χ4n) is 5.65. The molecule has 6 heteroatoms. The molecule has 2 aromatic rings. The highest BCUT2D eigenvalue weighted by Crippen LogP contribution is 2.40. The number of aliphatic hydroxyl groups is 1. The summed E-state index contributed by atoms with van der Waals surface area (Å²) >= 11 is 6.04. The van der Waals surface area contributed by atoms with Crippen molar-refractivity contribution in [2.45, 2.75) is 103 Å². The molecule has 41 heavy (non-hydrogen) atoms. The molecule has 1 fully saturated rings. The predicted octanol–water partition coefficient (Wildman–Crippen LogP) is 9.31. The SMILES string of the molecule is CCCCCCCCCCCCCCCCN1C(=O)C(=O)/C(=C(/O)c2ccc(Cl)cc2)[C@@H]1c1ccc(N(C)C)cc1. The number of carbonyl (C=O) groups is 2. The number of Topliss-reactive ketones (excluding diaryl/α,β-unsaturated/α-hetero) is 1. The highest BCUT2D eigenvalue weighted by atomic mass is 35.5. The number of unbranched alkanes of at least 4 members (excludes halogenated alkanes) is 13. The number of likely N-dealkylation sites (tertiary alicyclic amines) is 1. The molecular formula is C35H49ClN2O3. The maximum absolute atomic E-state index is 13.3. The van der Waals surface area contributed by atoms with Crippen LogP contribution in [0.2, 0.25) is 5.02 Å². The Bertz CT molecular complexity index is 1130. The summed E-state index contributed by atoms with van der Waals surface area (Å²) in [7, 11) is 3.94. The summed E-state index contributed by atoms with van der Waals surface area (Å²) in [6.45, 7) is 2.75. The summed E-state index contributed by atoms with van der Waals surface area (Å²) in [6.07, 6.45) is 17.7. The van der Waals surface area contributed by atoms with Crippen LogP contribution in [-0.4, -0.2) is 42.3 Å². The molecule has 0 bridgehead atoms. The van der Waals surface area contributed by atoms with Crippen molar-refractivity contribution < 1.29 is 14.7 Å². The zero-order valence-corrected chi connectivity index (χ0v) is 26.1. The summed E-state index contributed by atoms with van der Waals surface area (Å²) < 4.78 is 0. The Labute approximate surface area is 252 Å². The van der Waals surface area contributed by atoms with Gasteiger partial charge in [0.25, 0.3) is 11.7 Å². The molecule has 1 saturated heterocycles. The average molecular weight is 581 g/mol. The van der Waals surface area contributed by atoms with Crippen LogP contribution in [0.5, 0.6) is 0 Å². The molecule has 1 N–H and O–H groups in total. The Balaban J connectivity index is 1.57. The second-order valence-electron chi connectivity index (χ2n) is 11.6. The van der Waals surface area contributed by atoms with E-state index in [1.165, 1.54) is 70.6 Å². The van der Waals surface area contributed by atoms with Gasteiger partial charge in [0.15, 0.2) is 0 Å². The molecule has 0 spiro atoms. The smallest absolute Gasteiger partial charge is 0.295 e. The number of nitrogens with zero attached hydrogens (tertiary/aromatic N) is 2. The number of carbonyl (C=O) groups excluding carboxylic acids is 2. The molecule has 1 aliphatic heterocycles. The zero-order chi connectivity index (χ0) is 29.6. The van der Waals surface area contributed by atoms with Crippen LogP contribution in [0.4, 0.5) is 5.69 Å². The number of rotatable bonds is 18. The van der Waals surface area contributed by atoms with E-state index in [1.54, 1.807) is 29.2 Å². The molecule has 3 rings (SSSR count). The first kappa shape index (κ1) is 32.7. The molecule has 1 atom stereocenters. The Morgan fingerprint density at radius 2 is 1.24 bits per heavy atom. The average Bonchev–Trinajstić information content (AvgIpc) is 3.22. The Kier molecular flexibility index (Phi) is 13.8. The van der Waals surface area contributed by atoms with Crippen LogP contribution in [0.3, 0.4) is 0 Å². The van der Waals surface area contributed by atoms with Gasteiger partial charge in [-0.1, -0.05) is 114 Å². The molecule has 5 nitrogen and oxygen atoms in total. The second kappa shape index (κ2) is 17.2. The van der Waals surface area contributed by atoms with E-state index in [1.807, 2.05) is 43.3 Å². The van der Waals surface area contributed by atoms with Crippen molar-refractivity contribution in [3.8, 4) is 0 Å². The molecule has 1 amide bonds. The number of ketones is 1. The van der Waals surface area contributed by atoms with Gasteiger partial charge in [-0.25, -0.2) is 0 Å². The van der Waals surface area contributed by atoms with Crippen LogP contribution < -0.4 is 4.90 Å². The van der Waals surface area contributed by atoms with Crippen LogP contribution in [0.25, 0.3) is 5.76 Å². The first-order chi connectivity index (χ1) is 19.8. The first-order valence-electron chi connectivity index (χ1n) is 15.7. The highest BCUT2D eigenvalue weighted by Gasteiger charge is 2.45. The minimum Gasteiger partial charge on any atom is -0.507 e. The minimum absolute atomic E-state index is 0.139. The number of amides is 1. The van der Waals surface area contributed by atoms with Crippen LogP contribution in [0.15, 0.2) is 54.1 Å². The van der Waals surface area contributed by atoms with Gasteiger partial charge in [0.05, 0.1) is 11.6 Å². The Hall–Kier alpha value is -2.79. The zero-order valence-electron chi connectivity index (χ0n) is 25.3. The summed E-state index contributed by atoms with van der Waals surface area (Å²) in [5, 5.41) is 11.8. The molecule has 0 unspecified atom stereocenters. The van der Waals surface area contributed by atoms with E-state index in [4.69, 9.17) is 11.6 Å². The number of hydrogen-bond donors (Lipinski definition) is 1. The third-order valence-electron chi connectivity index (χ3n) is 8.14. The second-order valence-corrected chi connectivity index (χ2v) is 12.0. The van der Waals surface area contributed by atoms with E-state index in [2.05, 4.69) is 6.92 Å². The van der Waals surface area contributed by atoms with Gasteiger partial charge in [-0.15, -0.1) is 0 Å². The third kappa shape index (κ3) is 9.63. The van der Waals surface area contributed by atoms with Crippen molar-refractivity contribution in [2.75, 3.05) is 25.5 Å². The van der Waals surface area contributed by atoms with Gasteiger partial charge < -0.3 is 14.9 Å². The maximum Gasteiger partial charge on any atom is 0.295 e. The Morgan fingerprint density at radius 3 is 1.73 bits per heavy atom. The normalized spacial score (nSPS) is 16.5. The summed E-state index contributed by atoms with van der Waals surface area (Å²) in [5.41, 5.74) is 2.45. The van der Waals surface area contributed by atoms with Crippen molar-refractivity contribution in [1.82, 2.24) is 4.90 Å². The molecule has 1 aliphatic rings. The molecule has 1 heterocycles. The van der Waals surface area contributed by atoms with Crippen LogP contribution >= 0.6 is 11.6 Å². The standard InChI is InChI=1S/C35H49ClN2O3/c1-4-5-6-7-8-9-10-11-12-13-14-15-16-17-26-38-32(27-20-24-30(25-21-27)37(2)3)31(34(40)35(38)41)33(39)28-18-22-29(36)23-19-28/h18-25,32,39H,4-17,26H2,1-3H3/b33-31+/t32-/m0/s1. The van der Waals surface area contributed by atoms with Crippen molar-refractivity contribution in [1.29, 1.82) is 0 Å². The number of benzene rings is 2. The van der Waals surface area contributed by atoms with Crippen molar-refractivity contribution in [2.24, 2.45) is 0 Å². The van der Waals surface area contributed by atoms with Crippen molar-refractivity contribution in [3.63, 3.8) is 0 Å². The van der Waals surface area contributed by atoms with Gasteiger partial charge in [-0.05, 0) is 48.4 Å². The lowest BCUT2D eigenvalue weighted by Crippen LogP contribution is -2.30. The van der Waals surface area contributed by atoms with E-state index < -0.39 is 17.7 Å². The molecule has 224 valence electrons. The molecule has 2 aromatic carbocycles. The lowest BCUT2D eigenvalue weighted by molar-refractivity contribution is -0.139. The summed E-state index contributed by atoms with van der Waals surface area (Å²) in [6, 6.07) is 13.9. The molecule has 0 saturated carbocycles. The summed E-state index contributed by atoms with van der Waals surface area (Å²) in [4.78, 5) is 30.1.